The molecule has 2 aromatic carbocycles. The second-order valence-electron chi connectivity index (χ2n) is 8.84. The molecule has 0 bridgehead atoms. The van der Waals surface area contributed by atoms with Crippen molar-refractivity contribution >= 4 is 52.7 Å². The summed E-state index contributed by atoms with van der Waals surface area (Å²) < 4.78 is 22.8. The van der Waals surface area contributed by atoms with Gasteiger partial charge < -0.3 is 39.0 Å². The number of ether oxygens (including phenoxy) is 2. The lowest BCUT2D eigenvalue weighted by molar-refractivity contribution is 0.123. The summed E-state index contributed by atoms with van der Waals surface area (Å²) in [6.07, 6.45) is 0.0483. The van der Waals surface area contributed by atoms with Crippen LogP contribution >= 0.6 is 27.5 Å². The Bertz CT molecular complexity index is 960. The van der Waals surface area contributed by atoms with Gasteiger partial charge in [-0.15, -0.1) is 0 Å². The van der Waals surface area contributed by atoms with Gasteiger partial charge in [-0.1, -0.05) is 41.4 Å². The van der Waals surface area contributed by atoms with Crippen LogP contribution in [0.3, 0.4) is 0 Å². The van der Waals surface area contributed by atoms with Crippen molar-refractivity contribution < 1.29 is 39.0 Å². The van der Waals surface area contributed by atoms with Gasteiger partial charge >= 0.3 is 14.2 Å². The molecule has 36 heavy (non-hydrogen) atoms. The number of aliphatic hydroxyl groups excluding tert-OH is 2. The predicted octanol–water partition coefficient (Wildman–Crippen LogP) is 2.65. The van der Waals surface area contributed by atoms with Crippen LogP contribution in [0.5, 0.6) is 11.5 Å². The molecule has 0 fully saturated rings. The largest absolute Gasteiger partial charge is 0.495 e. The van der Waals surface area contributed by atoms with Crippen LogP contribution in [0.2, 0.25) is 5.02 Å². The monoisotopic (exact) mass is 584 g/mol. The zero-order valence-electron chi connectivity index (χ0n) is 20.8. The first-order valence-electron chi connectivity index (χ1n) is 12.0. The van der Waals surface area contributed by atoms with E-state index in [1.807, 2.05) is 19.9 Å². The van der Waals surface area contributed by atoms with Crippen LogP contribution in [0.15, 0.2) is 28.7 Å². The zero-order chi connectivity index (χ0) is 26.6. The Balaban J connectivity index is 0.000000201. The Hall–Kier alpha value is -1.30. The summed E-state index contributed by atoms with van der Waals surface area (Å²) in [6, 6.07) is 7.06. The van der Waals surface area contributed by atoms with Crippen molar-refractivity contribution in [3.63, 3.8) is 0 Å². The summed E-state index contributed by atoms with van der Waals surface area (Å²) in [5.41, 5.74) is 2.97. The highest BCUT2D eigenvalue weighted by atomic mass is 79.9. The summed E-state index contributed by atoms with van der Waals surface area (Å²) in [5.74, 6) is 1.08. The number of benzene rings is 2. The fourth-order valence-electron chi connectivity index (χ4n) is 4.20. The molecule has 0 spiro atoms. The number of hydrogen-bond donors (Lipinski definition) is 4. The van der Waals surface area contributed by atoms with E-state index in [9.17, 15) is 20.3 Å². The molecule has 12 heteroatoms. The van der Waals surface area contributed by atoms with Crippen molar-refractivity contribution in [1.82, 2.24) is 0 Å². The van der Waals surface area contributed by atoms with E-state index < -0.39 is 26.4 Å². The van der Waals surface area contributed by atoms with Crippen molar-refractivity contribution in [2.75, 3.05) is 13.2 Å². The van der Waals surface area contributed by atoms with Gasteiger partial charge in [0.2, 0.25) is 0 Å². The second kappa shape index (κ2) is 13.0. The average Bonchev–Trinajstić information content (AvgIpc) is 3.36. The lowest BCUT2D eigenvalue weighted by atomic mass is 9.78. The molecule has 2 unspecified atom stereocenters. The molecule has 4 rings (SSSR count). The van der Waals surface area contributed by atoms with Gasteiger partial charge in [0.1, 0.15) is 24.7 Å². The highest BCUT2D eigenvalue weighted by Crippen LogP contribution is 2.36. The second-order valence-corrected chi connectivity index (χ2v) is 10.1. The minimum Gasteiger partial charge on any atom is -0.491 e. The van der Waals surface area contributed by atoms with Crippen molar-refractivity contribution in [3.05, 3.63) is 44.9 Å². The van der Waals surface area contributed by atoms with Crippen LogP contribution in [0.25, 0.3) is 0 Å². The van der Waals surface area contributed by atoms with Crippen molar-refractivity contribution in [1.29, 1.82) is 0 Å². The maximum Gasteiger partial charge on any atom is 0.495 e. The predicted molar refractivity (Wildman–Crippen MR) is 143 cm³/mol. The fraction of sp³-hybridized carbons (Fsp3) is 0.500. The van der Waals surface area contributed by atoms with E-state index in [0.29, 0.717) is 27.4 Å². The number of halogens is 2. The minimum atomic E-state index is -1.02. The average molecular weight is 585 g/mol. The summed E-state index contributed by atoms with van der Waals surface area (Å²) >= 11 is 9.62. The fourth-order valence-corrected chi connectivity index (χ4v) is 5.09. The van der Waals surface area contributed by atoms with E-state index >= 15 is 0 Å². The number of rotatable bonds is 8. The maximum absolute atomic E-state index is 9.97. The molecule has 0 amide bonds. The standard InChI is InChI=1S/C12H16BBrO4.C12H16BClO4/c2*1-3-9-11-8(14)4-5-10(17-6-7(2)15)12(11)13(16)18-9/h2*4-5,7,9,15-16H,3,6H2,1-2H3/t2*7?,9-/m11/s1. The van der Waals surface area contributed by atoms with Crippen LogP contribution < -0.4 is 20.4 Å². The topological polar surface area (TPSA) is 118 Å². The van der Waals surface area contributed by atoms with Gasteiger partial charge in [-0.25, -0.2) is 0 Å². The first-order chi connectivity index (χ1) is 17.1. The van der Waals surface area contributed by atoms with E-state index in [2.05, 4.69) is 15.9 Å². The quantitative estimate of drug-likeness (QED) is 0.350. The van der Waals surface area contributed by atoms with Gasteiger partial charge in [-0.05, 0) is 56.5 Å². The summed E-state index contributed by atoms with van der Waals surface area (Å²) in [6.45, 7) is 7.61. The SMILES string of the molecule is CC[C@H]1OB(O)c2c(OCC(C)O)ccc(Br)c21.CC[C@H]1OB(O)c2c(OCC(C)O)ccc(Cl)c21. The molecule has 196 valence electrons. The van der Waals surface area contributed by atoms with E-state index in [-0.39, 0.29) is 25.4 Å². The van der Waals surface area contributed by atoms with Gasteiger partial charge in [0, 0.05) is 26.0 Å². The molecule has 4 atom stereocenters. The number of aliphatic hydroxyl groups is 2. The van der Waals surface area contributed by atoms with Crippen molar-refractivity contribution in [3.8, 4) is 11.5 Å². The molecule has 8 nitrogen and oxygen atoms in total. The van der Waals surface area contributed by atoms with Gasteiger partial charge in [-0.3, -0.25) is 0 Å². The van der Waals surface area contributed by atoms with E-state index in [0.717, 1.165) is 28.4 Å². The molecule has 4 N–H and O–H groups in total. The van der Waals surface area contributed by atoms with Gasteiger partial charge in [0.25, 0.3) is 0 Å². The van der Waals surface area contributed by atoms with Crippen molar-refractivity contribution in [2.45, 2.75) is 65.0 Å². The summed E-state index contributed by atoms with van der Waals surface area (Å²) in [5, 5.41) is 39.0. The van der Waals surface area contributed by atoms with Crippen LogP contribution in [0, 0.1) is 0 Å². The molecule has 0 aromatic heterocycles. The molecular weight excluding hydrogens is 553 g/mol. The first kappa shape index (κ1) is 29.3. The highest BCUT2D eigenvalue weighted by molar-refractivity contribution is 9.10. The number of hydrogen-bond acceptors (Lipinski definition) is 8. The Morgan fingerprint density at radius 1 is 0.861 bits per heavy atom. The molecule has 0 saturated heterocycles. The number of fused-ring (bicyclic) bond motifs is 2. The van der Waals surface area contributed by atoms with E-state index in [1.165, 1.54) is 0 Å². The molecule has 2 aliphatic heterocycles. The van der Waals surface area contributed by atoms with E-state index in [4.69, 9.17) is 30.4 Å². The Morgan fingerprint density at radius 2 is 1.31 bits per heavy atom. The minimum absolute atomic E-state index is 0.125. The van der Waals surface area contributed by atoms with Crippen molar-refractivity contribution in [2.24, 2.45) is 0 Å². The van der Waals surface area contributed by atoms with Crippen LogP contribution in [-0.4, -0.2) is 59.9 Å². The molecule has 0 aliphatic carbocycles. The van der Waals surface area contributed by atoms with Crippen LogP contribution in [-0.2, 0) is 9.31 Å². The maximum atomic E-state index is 9.97. The molecule has 0 radical (unpaired) electrons. The lowest BCUT2D eigenvalue weighted by Crippen LogP contribution is -2.31. The summed E-state index contributed by atoms with van der Waals surface area (Å²) in [7, 11) is -1.99. The van der Waals surface area contributed by atoms with Gasteiger partial charge in [0.05, 0.1) is 24.4 Å². The smallest absolute Gasteiger partial charge is 0.491 e. The zero-order valence-corrected chi connectivity index (χ0v) is 23.1. The summed E-state index contributed by atoms with van der Waals surface area (Å²) in [4.78, 5) is 0. The van der Waals surface area contributed by atoms with Crippen LogP contribution in [0.1, 0.15) is 63.9 Å². The Kier molecular flexibility index (Phi) is 10.5. The van der Waals surface area contributed by atoms with Gasteiger partial charge in [-0.2, -0.15) is 0 Å². The van der Waals surface area contributed by atoms with Crippen LogP contribution in [0.4, 0.5) is 0 Å². The molecular formula is C24H32B2BrClO8. The first-order valence-corrected chi connectivity index (χ1v) is 13.2. The lowest BCUT2D eigenvalue weighted by Gasteiger charge is -2.14. The molecule has 2 aromatic rings. The molecule has 2 heterocycles. The Morgan fingerprint density at radius 3 is 1.78 bits per heavy atom. The molecule has 0 saturated carbocycles. The highest BCUT2D eigenvalue weighted by Gasteiger charge is 2.39. The van der Waals surface area contributed by atoms with E-state index in [1.54, 1.807) is 32.0 Å². The normalized spacial score (nSPS) is 19.8. The third-order valence-electron chi connectivity index (χ3n) is 5.81. The third-order valence-corrected chi connectivity index (χ3v) is 6.83. The molecule has 2 aliphatic rings. The third kappa shape index (κ3) is 6.57. The van der Waals surface area contributed by atoms with Gasteiger partial charge in [0.15, 0.2) is 0 Å². The Labute approximate surface area is 225 Å².